The fraction of sp³-hybridized carbons (Fsp3) is 0.500. The minimum Gasteiger partial charge on any atom is -0.314 e. The van der Waals surface area contributed by atoms with E-state index in [1.807, 2.05) is 11.0 Å². The molecule has 0 amide bonds. The van der Waals surface area contributed by atoms with E-state index in [0.717, 1.165) is 25.2 Å². The molecule has 3 nitrogen and oxygen atoms in total. The summed E-state index contributed by atoms with van der Waals surface area (Å²) in [5.41, 5.74) is -0.366. The smallest absolute Gasteiger partial charge is 0.314 e. The van der Waals surface area contributed by atoms with E-state index in [1.165, 1.54) is 6.07 Å². The Bertz CT molecular complexity index is 533. The Morgan fingerprint density at radius 3 is 2.57 bits per heavy atom. The second-order valence-corrected chi connectivity index (χ2v) is 5.31. The van der Waals surface area contributed by atoms with Gasteiger partial charge in [-0.2, -0.15) is 18.4 Å². The minimum atomic E-state index is -4.42. The van der Waals surface area contributed by atoms with Crippen LogP contribution >= 0.6 is 11.6 Å². The Morgan fingerprint density at radius 2 is 2.00 bits per heavy atom. The van der Waals surface area contributed by atoms with Gasteiger partial charge < -0.3 is 5.32 Å². The number of alkyl halides is 3. The molecule has 0 unspecified atom stereocenters. The van der Waals surface area contributed by atoms with Gasteiger partial charge in [0.2, 0.25) is 0 Å². The van der Waals surface area contributed by atoms with E-state index in [1.54, 1.807) is 0 Å². The zero-order chi connectivity index (χ0) is 15.5. The molecule has 114 valence electrons. The molecular weight excluding hydrogens is 303 g/mol. The first-order chi connectivity index (χ1) is 9.93. The van der Waals surface area contributed by atoms with Crippen LogP contribution in [0, 0.1) is 11.3 Å². The van der Waals surface area contributed by atoms with Crippen molar-refractivity contribution in [2.75, 3.05) is 26.2 Å². The molecule has 1 heterocycles. The minimum absolute atomic E-state index is 0.112. The summed E-state index contributed by atoms with van der Waals surface area (Å²) in [7, 11) is 0. The predicted octanol–water partition coefficient (Wildman–Crippen LogP) is 3.22. The van der Waals surface area contributed by atoms with Gasteiger partial charge in [-0.3, -0.25) is 4.90 Å². The number of piperazine rings is 1. The van der Waals surface area contributed by atoms with Gasteiger partial charge in [-0.15, -0.1) is 0 Å². The molecule has 1 aliphatic rings. The van der Waals surface area contributed by atoms with E-state index in [0.29, 0.717) is 18.7 Å². The number of nitrogens with one attached hydrogen (secondary N) is 1. The first-order valence-corrected chi connectivity index (χ1v) is 6.99. The lowest BCUT2D eigenvalue weighted by molar-refractivity contribution is -0.137. The fourth-order valence-corrected chi connectivity index (χ4v) is 2.73. The van der Waals surface area contributed by atoms with Gasteiger partial charge in [0.1, 0.15) is 0 Å². The van der Waals surface area contributed by atoms with Gasteiger partial charge in [0, 0.05) is 37.2 Å². The summed E-state index contributed by atoms with van der Waals surface area (Å²) < 4.78 is 38.6. The van der Waals surface area contributed by atoms with E-state index in [2.05, 4.69) is 5.32 Å². The SMILES string of the molecule is N#CC[C@@H](c1cc(C(F)(F)F)ccc1Cl)N1CCNCC1. The monoisotopic (exact) mass is 317 g/mol. The normalized spacial score (nSPS) is 18.2. The van der Waals surface area contributed by atoms with E-state index in [4.69, 9.17) is 16.9 Å². The Hall–Kier alpha value is -1.29. The predicted molar refractivity (Wildman–Crippen MR) is 73.9 cm³/mol. The van der Waals surface area contributed by atoms with Crippen molar-refractivity contribution in [3.63, 3.8) is 0 Å². The number of hydrogen-bond acceptors (Lipinski definition) is 3. The van der Waals surface area contributed by atoms with E-state index >= 15 is 0 Å². The van der Waals surface area contributed by atoms with Crippen LogP contribution in [0.3, 0.4) is 0 Å². The molecule has 21 heavy (non-hydrogen) atoms. The van der Waals surface area contributed by atoms with E-state index in [9.17, 15) is 13.2 Å². The highest BCUT2D eigenvalue weighted by Gasteiger charge is 2.32. The standard InChI is InChI=1S/C14H15ClF3N3/c15-12-2-1-10(14(16,17)18)9-11(12)13(3-4-19)21-7-5-20-6-8-21/h1-2,9,13,20H,3,5-8H2/t13-/m0/s1. The van der Waals surface area contributed by atoms with Crippen molar-refractivity contribution in [1.82, 2.24) is 10.2 Å². The molecule has 1 aromatic rings. The molecule has 1 atom stereocenters. The summed E-state index contributed by atoms with van der Waals surface area (Å²) in [6, 6.07) is 4.92. The average Bonchev–Trinajstić information content (AvgIpc) is 2.45. The number of benzene rings is 1. The second-order valence-electron chi connectivity index (χ2n) is 4.90. The van der Waals surface area contributed by atoms with Crippen LogP contribution in [-0.2, 0) is 6.18 Å². The largest absolute Gasteiger partial charge is 0.416 e. The molecule has 1 aliphatic heterocycles. The van der Waals surface area contributed by atoms with Crippen LogP contribution in [0.25, 0.3) is 0 Å². The third-order valence-corrected chi connectivity index (χ3v) is 3.90. The maximum atomic E-state index is 12.9. The number of nitriles is 1. The van der Waals surface area contributed by atoms with Crippen LogP contribution in [0.1, 0.15) is 23.6 Å². The van der Waals surface area contributed by atoms with Crippen molar-refractivity contribution in [3.8, 4) is 6.07 Å². The Labute approximate surface area is 126 Å². The number of halogens is 4. The first-order valence-electron chi connectivity index (χ1n) is 6.62. The third-order valence-electron chi connectivity index (χ3n) is 3.56. The summed E-state index contributed by atoms with van der Waals surface area (Å²) in [5, 5.41) is 12.4. The Balaban J connectivity index is 2.37. The summed E-state index contributed by atoms with van der Waals surface area (Å²) in [4.78, 5) is 2.00. The summed E-state index contributed by atoms with van der Waals surface area (Å²) in [5.74, 6) is 0. The van der Waals surface area contributed by atoms with E-state index < -0.39 is 17.8 Å². The van der Waals surface area contributed by atoms with Crippen LogP contribution in [-0.4, -0.2) is 31.1 Å². The third kappa shape index (κ3) is 3.88. The van der Waals surface area contributed by atoms with Gasteiger partial charge in [-0.1, -0.05) is 11.6 Å². The van der Waals surface area contributed by atoms with Crippen molar-refractivity contribution in [3.05, 3.63) is 34.3 Å². The maximum absolute atomic E-state index is 12.9. The quantitative estimate of drug-likeness (QED) is 0.930. The first kappa shape index (κ1) is 16.1. The molecule has 1 saturated heterocycles. The highest BCUT2D eigenvalue weighted by Crippen LogP contribution is 2.36. The van der Waals surface area contributed by atoms with Crippen molar-refractivity contribution in [1.29, 1.82) is 5.26 Å². The second kappa shape index (κ2) is 6.65. The molecule has 0 radical (unpaired) electrons. The summed E-state index contributed by atoms with van der Waals surface area (Å²) in [6.07, 6.45) is -4.30. The number of rotatable bonds is 3. The van der Waals surface area contributed by atoms with E-state index in [-0.39, 0.29) is 11.4 Å². The summed E-state index contributed by atoms with van der Waals surface area (Å²) >= 11 is 6.08. The highest BCUT2D eigenvalue weighted by atomic mass is 35.5. The highest BCUT2D eigenvalue weighted by molar-refractivity contribution is 6.31. The van der Waals surface area contributed by atoms with Crippen molar-refractivity contribution >= 4 is 11.6 Å². The molecule has 1 aromatic carbocycles. The molecule has 0 aliphatic carbocycles. The van der Waals surface area contributed by atoms with Gasteiger partial charge in [-0.25, -0.2) is 0 Å². The zero-order valence-electron chi connectivity index (χ0n) is 11.3. The topological polar surface area (TPSA) is 39.1 Å². The molecule has 0 aromatic heterocycles. The van der Waals surface area contributed by atoms with Gasteiger partial charge in [-0.05, 0) is 23.8 Å². The van der Waals surface area contributed by atoms with Crippen LogP contribution < -0.4 is 5.32 Å². The maximum Gasteiger partial charge on any atom is 0.416 e. The van der Waals surface area contributed by atoms with Crippen molar-refractivity contribution < 1.29 is 13.2 Å². The van der Waals surface area contributed by atoms with Gasteiger partial charge in [0.15, 0.2) is 0 Å². The molecule has 0 spiro atoms. The van der Waals surface area contributed by atoms with Gasteiger partial charge >= 0.3 is 6.18 Å². The van der Waals surface area contributed by atoms with Crippen molar-refractivity contribution in [2.24, 2.45) is 0 Å². The lowest BCUT2D eigenvalue weighted by Crippen LogP contribution is -2.45. The molecule has 1 fully saturated rings. The van der Waals surface area contributed by atoms with Crippen LogP contribution in [0.5, 0.6) is 0 Å². The molecule has 0 bridgehead atoms. The molecule has 7 heteroatoms. The Morgan fingerprint density at radius 1 is 1.33 bits per heavy atom. The number of nitrogens with zero attached hydrogens (tertiary/aromatic N) is 2. The van der Waals surface area contributed by atoms with Gasteiger partial charge in [0.05, 0.1) is 18.1 Å². The lowest BCUT2D eigenvalue weighted by atomic mass is 9.99. The van der Waals surface area contributed by atoms with Crippen LogP contribution in [0.4, 0.5) is 13.2 Å². The lowest BCUT2D eigenvalue weighted by Gasteiger charge is -2.34. The molecule has 2 rings (SSSR count). The fourth-order valence-electron chi connectivity index (χ4n) is 2.49. The Kier molecular flexibility index (Phi) is 5.09. The van der Waals surface area contributed by atoms with Crippen LogP contribution in [0.2, 0.25) is 5.02 Å². The molecule has 1 N–H and O–H groups in total. The van der Waals surface area contributed by atoms with Crippen LogP contribution in [0.15, 0.2) is 18.2 Å². The number of hydrogen-bond donors (Lipinski definition) is 1. The van der Waals surface area contributed by atoms with Gasteiger partial charge in [0.25, 0.3) is 0 Å². The molecule has 0 saturated carbocycles. The molecular formula is C14H15ClF3N3. The summed E-state index contributed by atoms with van der Waals surface area (Å²) in [6.45, 7) is 2.86. The zero-order valence-corrected chi connectivity index (χ0v) is 12.0. The average molecular weight is 318 g/mol. The van der Waals surface area contributed by atoms with Crippen molar-refractivity contribution in [2.45, 2.75) is 18.6 Å².